The Labute approximate surface area is 115 Å². The Balaban J connectivity index is 1.72. The van der Waals surface area contributed by atoms with Crippen LogP contribution in [0.15, 0.2) is 18.3 Å². The number of anilines is 1. The van der Waals surface area contributed by atoms with Crippen LogP contribution in [0.3, 0.4) is 0 Å². The second-order valence-corrected chi connectivity index (χ2v) is 5.39. The van der Waals surface area contributed by atoms with Crippen molar-refractivity contribution in [2.75, 3.05) is 25.1 Å². The molecule has 1 aliphatic rings. The van der Waals surface area contributed by atoms with Gasteiger partial charge in [0.15, 0.2) is 0 Å². The van der Waals surface area contributed by atoms with E-state index in [9.17, 15) is 0 Å². The van der Waals surface area contributed by atoms with Gasteiger partial charge in [-0.05, 0) is 43.7 Å². The summed E-state index contributed by atoms with van der Waals surface area (Å²) in [6.45, 7) is 2.22. The number of rotatable bonds is 9. The minimum atomic E-state index is 0.296. The van der Waals surface area contributed by atoms with Gasteiger partial charge in [0.25, 0.3) is 0 Å². The van der Waals surface area contributed by atoms with Crippen molar-refractivity contribution in [2.24, 2.45) is 0 Å². The van der Waals surface area contributed by atoms with Crippen LogP contribution in [-0.4, -0.2) is 36.3 Å². The average molecular weight is 263 g/mol. The zero-order chi connectivity index (χ0) is 13.5. The lowest BCUT2D eigenvalue weighted by molar-refractivity contribution is 0.283. The highest BCUT2D eigenvalue weighted by atomic mass is 16.2. The predicted molar refractivity (Wildman–Crippen MR) is 78.3 cm³/mol. The lowest BCUT2D eigenvalue weighted by Gasteiger charge is -2.18. The fourth-order valence-electron chi connectivity index (χ4n) is 2.05. The van der Waals surface area contributed by atoms with Gasteiger partial charge in [0, 0.05) is 39.0 Å². The molecule has 0 spiro atoms. The maximum atomic E-state index is 8.74. The highest BCUT2D eigenvalue weighted by molar-refractivity contribution is 5.38. The van der Waals surface area contributed by atoms with E-state index >= 15 is 0 Å². The highest BCUT2D eigenvalue weighted by Gasteiger charge is 2.19. The summed E-state index contributed by atoms with van der Waals surface area (Å²) in [7, 11) is 2.07. The number of pyridine rings is 1. The molecule has 4 nitrogen and oxygen atoms in total. The fourth-order valence-corrected chi connectivity index (χ4v) is 2.05. The number of unbranched alkanes of at least 4 members (excludes halogenated alkanes) is 2. The quantitative estimate of drug-likeness (QED) is 0.668. The van der Waals surface area contributed by atoms with Gasteiger partial charge in [0.1, 0.15) is 5.82 Å². The summed E-state index contributed by atoms with van der Waals surface area (Å²) in [6.07, 6.45) is 7.68. The first kappa shape index (κ1) is 14.3. The van der Waals surface area contributed by atoms with E-state index < -0.39 is 0 Å². The Morgan fingerprint density at radius 3 is 2.79 bits per heavy atom. The molecule has 2 rings (SSSR count). The minimum Gasteiger partial charge on any atom is -0.396 e. The van der Waals surface area contributed by atoms with Crippen LogP contribution in [-0.2, 0) is 6.54 Å². The molecule has 0 aliphatic heterocycles. The summed E-state index contributed by atoms with van der Waals surface area (Å²) in [4.78, 5) is 6.69. The standard InChI is InChI=1S/C15H25N3O/c1-18(9-3-2-4-10-19)15-8-5-13(12-17-15)11-16-14-6-7-14/h5,8,12,14,16,19H,2-4,6-7,9-11H2,1H3. The molecule has 1 heterocycles. The Morgan fingerprint density at radius 2 is 2.16 bits per heavy atom. The van der Waals surface area contributed by atoms with Gasteiger partial charge in [-0.3, -0.25) is 0 Å². The van der Waals surface area contributed by atoms with Gasteiger partial charge in [-0.2, -0.15) is 0 Å². The van der Waals surface area contributed by atoms with E-state index in [1.165, 1.54) is 18.4 Å². The molecule has 1 aromatic rings. The third-order valence-electron chi connectivity index (χ3n) is 3.52. The molecule has 0 atom stereocenters. The highest BCUT2D eigenvalue weighted by Crippen LogP contribution is 2.19. The number of nitrogens with zero attached hydrogens (tertiary/aromatic N) is 2. The normalized spacial score (nSPS) is 14.6. The number of hydrogen-bond donors (Lipinski definition) is 2. The van der Waals surface area contributed by atoms with Crippen molar-refractivity contribution in [3.63, 3.8) is 0 Å². The van der Waals surface area contributed by atoms with Crippen LogP contribution in [0.25, 0.3) is 0 Å². The van der Waals surface area contributed by atoms with Gasteiger partial charge in [0.2, 0.25) is 0 Å². The van der Waals surface area contributed by atoms with E-state index in [-0.39, 0.29) is 0 Å². The van der Waals surface area contributed by atoms with E-state index in [0.29, 0.717) is 6.61 Å². The molecule has 2 N–H and O–H groups in total. The third-order valence-corrected chi connectivity index (χ3v) is 3.52. The largest absolute Gasteiger partial charge is 0.396 e. The third kappa shape index (κ3) is 5.17. The first-order valence-corrected chi connectivity index (χ1v) is 7.30. The van der Waals surface area contributed by atoms with Crippen LogP contribution in [0.2, 0.25) is 0 Å². The van der Waals surface area contributed by atoms with Gasteiger partial charge in [-0.15, -0.1) is 0 Å². The molecule has 0 bridgehead atoms. The lowest BCUT2D eigenvalue weighted by atomic mass is 10.2. The van der Waals surface area contributed by atoms with Crippen molar-refractivity contribution in [3.05, 3.63) is 23.9 Å². The van der Waals surface area contributed by atoms with Gasteiger partial charge in [0.05, 0.1) is 0 Å². The van der Waals surface area contributed by atoms with Crippen molar-refractivity contribution in [3.8, 4) is 0 Å². The molecule has 0 amide bonds. The topological polar surface area (TPSA) is 48.4 Å². The average Bonchev–Trinajstić information content (AvgIpc) is 3.26. The minimum absolute atomic E-state index is 0.296. The Bertz CT molecular complexity index is 362. The molecule has 4 heteroatoms. The number of aromatic nitrogens is 1. The summed E-state index contributed by atoms with van der Waals surface area (Å²) in [5.41, 5.74) is 1.25. The molecule has 0 radical (unpaired) electrons. The molecule has 1 fully saturated rings. The molecule has 0 saturated heterocycles. The maximum absolute atomic E-state index is 8.74. The fraction of sp³-hybridized carbons (Fsp3) is 0.667. The van der Waals surface area contributed by atoms with Crippen LogP contribution in [0.5, 0.6) is 0 Å². The number of aliphatic hydroxyl groups is 1. The SMILES string of the molecule is CN(CCCCCO)c1ccc(CNC2CC2)cn1. The number of hydrogen-bond acceptors (Lipinski definition) is 4. The van der Waals surface area contributed by atoms with Crippen molar-refractivity contribution in [1.82, 2.24) is 10.3 Å². The second kappa shape index (κ2) is 7.46. The second-order valence-electron chi connectivity index (χ2n) is 5.39. The van der Waals surface area contributed by atoms with Crippen LogP contribution in [0, 0.1) is 0 Å². The van der Waals surface area contributed by atoms with Crippen LogP contribution >= 0.6 is 0 Å². The van der Waals surface area contributed by atoms with Gasteiger partial charge in [-0.25, -0.2) is 4.98 Å². The summed E-state index contributed by atoms with van der Waals surface area (Å²) in [6, 6.07) is 4.99. The van der Waals surface area contributed by atoms with Crippen molar-refractivity contribution in [1.29, 1.82) is 0 Å². The van der Waals surface area contributed by atoms with Crippen LogP contribution in [0.4, 0.5) is 5.82 Å². The molecular weight excluding hydrogens is 238 g/mol. The van der Waals surface area contributed by atoms with Crippen molar-refractivity contribution in [2.45, 2.75) is 44.7 Å². The van der Waals surface area contributed by atoms with Gasteiger partial charge >= 0.3 is 0 Å². The molecule has 0 unspecified atom stereocenters. The van der Waals surface area contributed by atoms with E-state index in [2.05, 4.69) is 34.4 Å². The molecule has 1 aliphatic carbocycles. The molecule has 106 valence electrons. The van der Waals surface area contributed by atoms with Crippen molar-refractivity contribution >= 4 is 5.82 Å². The first-order chi connectivity index (χ1) is 9.29. The molecular formula is C15H25N3O. The molecule has 19 heavy (non-hydrogen) atoms. The van der Waals surface area contributed by atoms with E-state index in [1.807, 2.05) is 6.20 Å². The lowest BCUT2D eigenvalue weighted by Crippen LogP contribution is -2.20. The Morgan fingerprint density at radius 1 is 1.32 bits per heavy atom. The summed E-state index contributed by atoms with van der Waals surface area (Å²) in [5, 5.41) is 12.2. The maximum Gasteiger partial charge on any atom is 0.128 e. The summed E-state index contributed by atoms with van der Waals surface area (Å²) < 4.78 is 0. The summed E-state index contributed by atoms with van der Waals surface area (Å²) in [5.74, 6) is 1.03. The smallest absolute Gasteiger partial charge is 0.128 e. The summed E-state index contributed by atoms with van der Waals surface area (Å²) >= 11 is 0. The van der Waals surface area contributed by atoms with E-state index in [4.69, 9.17) is 5.11 Å². The zero-order valence-electron chi connectivity index (χ0n) is 11.8. The van der Waals surface area contributed by atoms with Gasteiger partial charge < -0.3 is 15.3 Å². The number of nitrogens with one attached hydrogen (secondary N) is 1. The molecule has 1 aromatic heterocycles. The Hall–Kier alpha value is -1.13. The van der Waals surface area contributed by atoms with Crippen LogP contribution < -0.4 is 10.2 Å². The zero-order valence-corrected chi connectivity index (χ0v) is 11.8. The van der Waals surface area contributed by atoms with Crippen molar-refractivity contribution < 1.29 is 5.11 Å². The molecule has 0 aromatic carbocycles. The first-order valence-electron chi connectivity index (χ1n) is 7.30. The van der Waals surface area contributed by atoms with E-state index in [0.717, 1.165) is 44.2 Å². The predicted octanol–water partition coefficient (Wildman–Crippen LogP) is 1.93. The van der Waals surface area contributed by atoms with Crippen LogP contribution in [0.1, 0.15) is 37.7 Å². The molecule has 1 saturated carbocycles. The Kier molecular flexibility index (Phi) is 5.61. The monoisotopic (exact) mass is 263 g/mol. The number of aliphatic hydroxyl groups excluding tert-OH is 1. The van der Waals surface area contributed by atoms with E-state index in [1.54, 1.807) is 0 Å². The van der Waals surface area contributed by atoms with Gasteiger partial charge in [-0.1, -0.05) is 6.07 Å².